The minimum Gasteiger partial charge on any atom is -1.00 e. The van der Waals surface area contributed by atoms with Crippen LogP contribution < -0.4 is 24.0 Å². The predicted octanol–water partition coefficient (Wildman–Crippen LogP) is 7.11. The molecule has 0 bridgehead atoms. The first-order valence-corrected chi connectivity index (χ1v) is 15.6. The minimum absolute atomic E-state index is 0. The minimum atomic E-state index is -0.672. The highest BCUT2D eigenvalue weighted by Crippen LogP contribution is 2.61. The molecule has 0 heterocycles. The second-order valence-corrected chi connectivity index (χ2v) is 13.7. The molecule has 0 rings (SSSR count). The smallest absolute Gasteiger partial charge is 0.0594 e. The number of unbranched alkanes of at least 4 members (excludes halogenated alkanes) is 14. The highest BCUT2D eigenvalue weighted by atomic mass is 127. The molecule has 0 spiro atoms. The third-order valence-corrected chi connectivity index (χ3v) is 11.5. The van der Waals surface area contributed by atoms with Crippen molar-refractivity contribution in [2.24, 2.45) is 0 Å². The zero-order valence-corrected chi connectivity index (χ0v) is 23.4. The molecule has 0 aromatic heterocycles. The van der Waals surface area contributed by atoms with E-state index in [1.807, 2.05) is 0 Å². The largest absolute Gasteiger partial charge is 1.00 e. The van der Waals surface area contributed by atoms with E-state index in [0.29, 0.717) is 0 Å². The summed E-state index contributed by atoms with van der Waals surface area (Å²) in [7, 11) is -0.672. The van der Waals surface area contributed by atoms with Gasteiger partial charge in [-0.25, -0.2) is 0 Å². The van der Waals surface area contributed by atoms with Crippen LogP contribution in [0.5, 0.6) is 0 Å². The third-order valence-electron chi connectivity index (χ3n) is 6.44. The number of hydrogen-bond acceptors (Lipinski definition) is 0. The van der Waals surface area contributed by atoms with Gasteiger partial charge in [-0.2, -0.15) is 0 Å². The summed E-state index contributed by atoms with van der Waals surface area (Å²) >= 11 is 0. The summed E-state index contributed by atoms with van der Waals surface area (Å²) in [4.78, 5) is 0. The van der Waals surface area contributed by atoms with Gasteiger partial charge in [-0.3, -0.25) is 0 Å². The summed E-state index contributed by atoms with van der Waals surface area (Å²) < 4.78 is 0. The number of halogens is 1. The van der Waals surface area contributed by atoms with Crippen LogP contribution in [0.15, 0.2) is 0 Å². The summed E-state index contributed by atoms with van der Waals surface area (Å²) in [5, 5.41) is 0. The van der Waals surface area contributed by atoms with E-state index in [-0.39, 0.29) is 24.0 Å². The van der Waals surface area contributed by atoms with Gasteiger partial charge in [0.2, 0.25) is 0 Å². The van der Waals surface area contributed by atoms with Crippen LogP contribution in [0.2, 0.25) is 0 Å². The van der Waals surface area contributed by atoms with Crippen molar-refractivity contribution in [2.75, 3.05) is 24.6 Å². The molecule has 0 fully saturated rings. The summed E-state index contributed by atoms with van der Waals surface area (Å²) in [5.74, 6) is 0. The average Bonchev–Trinajstić information content (AvgIpc) is 2.67. The maximum absolute atomic E-state index is 2.38. The molecule has 172 valence electrons. The lowest BCUT2D eigenvalue weighted by Gasteiger charge is -2.28. The lowest BCUT2D eigenvalue weighted by atomic mass is 10.2. The Morgan fingerprint density at radius 1 is 0.321 bits per heavy atom. The molecule has 0 aliphatic carbocycles. The van der Waals surface area contributed by atoms with Crippen molar-refractivity contribution in [1.82, 2.24) is 0 Å². The normalized spacial score (nSPS) is 11.6. The molecule has 0 atom stereocenters. The van der Waals surface area contributed by atoms with Crippen molar-refractivity contribution in [3.63, 3.8) is 0 Å². The van der Waals surface area contributed by atoms with Gasteiger partial charge in [-0.1, -0.05) is 98.3 Å². The first kappa shape index (κ1) is 31.3. The molecule has 0 radical (unpaired) electrons. The molecule has 2 heteroatoms. The van der Waals surface area contributed by atoms with Crippen LogP contribution in [0.25, 0.3) is 0 Å². The van der Waals surface area contributed by atoms with E-state index in [2.05, 4.69) is 27.7 Å². The van der Waals surface area contributed by atoms with Crippen molar-refractivity contribution in [1.29, 1.82) is 0 Å². The van der Waals surface area contributed by atoms with E-state index in [1.54, 1.807) is 43.9 Å². The highest BCUT2D eigenvalue weighted by molar-refractivity contribution is 7.75. The predicted molar refractivity (Wildman–Crippen MR) is 132 cm³/mol. The molecule has 0 saturated carbocycles. The molecule has 0 N–H and O–H groups in total. The van der Waals surface area contributed by atoms with Crippen molar-refractivity contribution < 1.29 is 24.0 Å². The van der Waals surface area contributed by atoms with Crippen molar-refractivity contribution in [3.05, 3.63) is 0 Å². The molecule has 0 amide bonds. The van der Waals surface area contributed by atoms with E-state index in [0.717, 1.165) is 0 Å². The van der Waals surface area contributed by atoms with Crippen LogP contribution in [0.1, 0.15) is 143 Å². The van der Waals surface area contributed by atoms with Gasteiger partial charge in [0.1, 0.15) is 0 Å². The fraction of sp³-hybridized carbons (Fsp3) is 1.00. The van der Waals surface area contributed by atoms with Crippen LogP contribution in [-0.2, 0) is 0 Å². The fourth-order valence-electron chi connectivity index (χ4n) is 4.52. The SMILES string of the molecule is CCCCCCC[P+](CCCCC)(CCCCCCC)CCCCCCC.[I-]. The van der Waals surface area contributed by atoms with E-state index in [9.17, 15) is 0 Å². The maximum atomic E-state index is 2.38. The number of rotatable bonds is 22. The quantitative estimate of drug-likeness (QED) is 0.0801. The van der Waals surface area contributed by atoms with Gasteiger partial charge in [-0.15, -0.1) is 0 Å². The maximum Gasteiger partial charge on any atom is 0.0594 e. The van der Waals surface area contributed by atoms with Crippen LogP contribution in [-0.4, -0.2) is 24.6 Å². The van der Waals surface area contributed by atoms with Crippen molar-refractivity contribution >= 4 is 7.26 Å². The summed E-state index contributed by atoms with van der Waals surface area (Å²) in [6.45, 7) is 9.40. The van der Waals surface area contributed by atoms with E-state index >= 15 is 0 Å². The second-order valence-electron chi connectivity index (χ2n) is 9.19. The Labute approximate surface area is 198 Å². The molecule has 0 unspecified atom stereocenters. The Balaban J connectivity index is 0. The standard InChI is InChI=1S/C26H56P.HI/c1-5-9-13-16-20-24-27(23-19-12-8-4,25-21-17-14-10-6-2)26-22-18-15-11-7-3;/h5-26H2,1-4H3;1H/q+1;/p-1. The average molecular weight is 527 g/mol. The van der Waals surface area contributed by atoms with Gasteiger partial charge in [0.15, 0.2) is 0 Å². The monoisotopic (exact) mass is 526 g/mol. The van der Waals surface area contributed by atoms with Crippen LogP contribution in [0.4, 0.5) is 0 Å². The molecule has 0 aliphatic rings. The number of hydrogen-bond donors (Lipinski definition) is 0. The molecule has 0 saturated heterocycles. The lowest BCUT2D eigenvalue weighted by Crippen LogP contribution is -3.00. The van der Waals surface area contributed by atoms with Gasteiger partial charge < -0.3 is 24.0 Å². The van der Waals surface area contributed by atoms with Gasteiger partial charge in [-0.05, 0) is 44.9 Å². The first-order valence-electron chi connectivity index (χ1n) is 13.1. The van der Waals surface area contributed by atoms with Crippen molar-refractivity contribution in [3.8, 4) is 0 Å². The Morgan fingerprint density at radius 3 is 0.821 bits per heavy atom. The van der Waals surface area contributed by atoms with Gasteiger partial charge in [0, 0.05) is 7.26 Å². The molecule has 0 aromatic rings. The molecular formula is C26H56IP. The molecule has 28 heavy (non-hydrogen) atoms. The van der Waals surface area contributed by atoms with Crippen LogP contribution >= 0.6 is 7.26 Å². The van der Waals surface area contributed by atoms with Gasteiger partial charge in [0.05, 0.1) is 24.6 Å². The lowest BCUT2D eigenvalue weighted by molar-refractivity contribution is -0.00000624. The van der Waals surface area contributed by atoms with Crippen LogP contribution in [0, 0.1) is 0 Å². The van der Waals surface area contributed by atoms with Crippen molar-refractivity contribution in [2.45, 2.75) is 143 Å². The Morgan fingerprint density at radius 2 is 0.536 bits per heavy atom. The Bertz CT molecular complexity index is 244. The Kier molecular flexibility index (Phi) is 27.3. The molecule has 0 nitrogen and oxygen atoms in total. The zero-order valence-electron chi connectivity index (χ0n) is 20.4. The molecule has 0 aromatic carbocycles. The first-order chi connectivity index (χ1) is 13.2. The molecule has 0 aliphatic heterocycles. The summed E-state index contributed by atoms with van der Waals surface area (Å²) in [5.41, 5.74) is 0. The zero-order chi connectivity index (χ0) is 20.1. The van der Waals surface area contributed by atoms with E-state index in [4.69, 9.17) is 0 Å². The Hall–Kier alpha value is 1.16. The van der Waals surface area contributed by atoms with E-state index < -0.39 is 7.26 Å². The summed E-state index contributed by atoms with van der Waals surface area (Å²) in [6, 6.07) is 0. The van der Waals surface area contributed by atoms with Crippen LogP contribution in [0.3, 0.4) is 0 Å². The highest BCUT2D eigenvalue weighted by Gasteiger charge is 2.34. The fourth-order valence-corrected chi connectivity index (χ4v) is 9.44. The third kappa shape index (κ3) is 19.1. The second kappa shape index (κ2) is 24.4. The molecular weight excluding hydrogens is 470 g/mol. The summed E-state index contributed by atoms with van der Waals surface area (Å²) in [6.07, 6.45) is 33.1. The van der Waals surface area contributed by atoms with E-state index in [1.165, 1.54) is 96.3 Å². The topological polar surface area (TPSA) is 0 Å². The van der Waals surface area contributed by atoms with Gasteiger partial charge in [0.25, 0.3) is 0 Å². The van der Waals surface area contributed by atoms with Gasteiger partial charge >= 0.3 is 0 Å².